The third-order valence-electron chi connectivity index (χ3n) is 5.13. The summed E-state index contributed by atoms with van der Waals surface area (Å²) in [5.74, 6) is 0.579. The molecule has 0 aromatic heterocycles. The van der Waals surface area contributed by atoms with Crippen LogP contribution in [0, 0.1) is 17.8 Å². The van der Waals surface area contributed by atoms with Crippen molar-refractivity contribution in [1.82, 2.24) is 0 Å². The Morgan fingerprint density at radius 3 is 2.64 bits per heavy atom. The predicted molar refractivity (Wildman–Crippen MR) is 79.9 cm³/mol. The van der Waals surface area contributed by atoms with Crippen LogP contribution in [0.15, 0.2) is 0 Å². The van der Waals surface area contributed by atoms with E-state index in [0.717, 1.165) is 6.42 Å². The molecular formula is C17H28O5. The van der Waals surface area contributed by atoms with Crippen molar-refractivity contribution in [3.63, 3.8) is 0 Å². The molecule has 3 aliphatic rings. The number of carbonyl (C=O) groups is 1. The fourth-order valence-corrected chi connectivity index (χ4v) is 3.97. The lowest BCUT2D eigenvalue weighted by Crippen LogP contribution is -2.41. The highest BCUT2D eigenvalue weighted by Gasteiger charge is 2.57. The smallest absolute Gasteiger partial charge is 0.340 e. The van der Waals surface area contributed by atoms with Gasteiger partial charge in [-0.3, -0.25) is 0 Å². The van der Waals surface area contributed by atoms with Crippen molar-refractivity contribution in [2.24, 2.45) is 17.8 Å². The maximum atomic E-state index is 12.0. The fraction of sp³-hybridized carbons (Fsp3) is 0.941. The van der Waals surface area contributed by atoms with E-state index in [4.69, 9.17) is 18.9 Å². The minimum Gasteiger partial charge on any atom is -0.431 e. The lowest BCUT2D eigenvalue weighted by atomic mass is 9.75. The summed E-state index contributed by atoms with van der Waals surface area (Å²) in [6, 6.07) is 0. The molecule has 5 nitrogen and oxygen atoms in total. The molecule has 0 spiro atoms. The summed E-state index contributed by atoms with van der Waals surface area (Å²) in [4.78, 5) is 12.0. The van der Waals surface area contributed by atoms with Crippen molar-refractivity contribution < 1.29 is 23.7 Å². The van der Waals surface area contributed by atoms with E-state index >= 15 is 0 Å². The van der Waals surface area contributed by atoms with Gasteiger partial charge in [-0.15, -0.1) is 0 Å². The largest absolute Gasteiger partial charge is 0.431 e. The maximum absolute atomic E-state index is 12.0. The highest BCUT2D eigenvalue weighted by atomic mass is 16.8. The van der Waals surface area contributed by atoms with Crippen molar-refractivity contribution in [2.45, 2.75) is 84.3 Å². The SMILES string of the molecule is CC(C)[C@H]1CC[C@H](C)C[C@@H]1O[C@H]1OC(=O)[C@@H]2OC(C)(C)O[C@H]12. The van der Waals surface area contributed by atoms with Gasteiger partial charge in [0.1, 0.15) is 0 Å². The van der Waals surface area contributed by atoms with Gasteiger partial charge in [0.25, 0.3) is 0 Å². The molecule has 0 aromatic rings. The molecule has 5 heteroatoms. The molecule has 0 amide bonds. The quantitative estimate of drug-likeness (QED) is 0.750. The van der Waals surface area contributed by atoms with Crippen LogP contribution >= 0.6 is 0 Å². The number of cyclic esters (lactones) is 1. The zero-order valence-corrected chi connectivity index (χ0v) is 14.2. The number of rotatable bonds is 3. The average Bonchev–Trinajstić information content (AvgIpc) is 2.85. The van der Waals surface area contributed by atoms with Crippen LogP contribution in [-0.2, 0) is 23.7 Å². The van der Waals surface area contributed by atoms with E-state index in [0.29, 0.717) is 17.8 Å². The van der Waals surface area contributed by atoms with Gasteiger partial charge >= 0.3 is 5.97 Å². The number of hydrogen-bond acceptors (Lipinski definition) is 5. The molecule has 2 aliphatic heterocycles. The second-order valence-corrected chi connectivity index (χ2v) is 7.83. The standard InChI is InChI=1S/C17H28O5/c1-9(2)11-7-6-10(3)8-12(11)19-16-14-13(15(18)20-16)21-17(4,5)22-14/h9-14,16H,6-8H2,1-5H3/t10-,11+,12-,13+,14-,16-/m0/s1. The second kappa shape index (κ2) is 5.77. The van der Waals surface area contributed by atoms with Crippen molar-refractivity contribution >= 4 is 5.97 Å². The minimum absolute atomic E-state index is 0.118. The number of fused-ring (bicyclic) bond motifs is 1. The first-order valence-electron chi connectivity index (χ1n) is 8.48. The summed E-state index contributed by atoms with van der Waals surface area (Å²) in [6.45, 7) is 10.4. The second-order valence-electron chi connectivity index (χ2n) is 7.83. The molecule has 6 atom stereocenters. The molecule has 3 rings (SSSR count). The van der Waals surface area contributed by atoms with E-state index in [1.807, 2.05) is 13.8 Å². The molecule has 0 N–H and O–H groups in total. The molecule has 2 heterocycles. The van der Waals surface area contributed by atoms with Crippen LogP contribution in [0.25, 0.3) is 0 Å². The third kappa shape index (κ3) is 3.03. The zero-order valence-electron chi connectivity index (χ0n) is 14.2. The van der Waals surface area contributed by atoms with Crippen molar-refractivity contribution in [3.05, 3.63) is 0 Å². The van der Waals surface area contributed by atoms with Crippen LogP contribution in [0.1, 0.15) is 53.9 Å². The Morgan fingerprint density at radius 2 is 1.95 bits per heavy atom. The van der Waals surface area contributed by atoms with E-state index in [1.165, 1.54) is 12.8 Å². The van der Waals surface area contributed by atoms with Gasteiger partial charge in [0.05, 0.1) is 6.10 Å². The number of esters is 1. The summed E-state index contributed by atoms with van der Waals surface area (Å²) in [5.41, 5.74) is 0. The number of ether oxygens (including phenoxy) is 4. The normalized spacial score (nSPS) is 44.2. The van der Waals surface area contributed by atoms with Crippen LogP contribution in [0.3, 0.4) is 0 Å². The van der Waals surface area contributed by atoms with E-state index in [9.17, 15) is 4.79 Å². The summed E-state index contributed by atoms with van der Waals surface area (Å²) >= 11 is 0. The van der Waals surface area contributed by atoms with Gasteiger partial charge in [-0.05, 0) is 44.4 Å². The zero-order chi connectivity index (χ0) is 16.1. The van der Waals surface area contributed by atoms with Crippen LogP contribution < -0.4 is 0 Å². The predicted octanol–water partition coefficient (Wildman–Crippen LogP) is 2.87. The number of carbonyl (C=O) groups excluding carboxylic acids is 1. The van der Waals surface area contributed by atoms with Gasteiger partial charge in [0.2, 0.25) is 6.29 Å². The van der Waals surface area contributed by atoms with Crippen LogP contribution in [0.4, 0.5) is 0 Å². The van der Waals surface area contributed by atoms with E-state index in [-0.39, 0.29) is 12.1 Å². The molecule has 2 saturated heterocycles. The Kier molecular flexibility index (Phi) is 4.25. The number of hydrogen-bond donors (Lipinski definition) is 0. The van der Waals surface area contributed by atoms with Crippen molar-refractivity contribution in [3.8, 4) is 0 Å². The molecule has 126 valence electrons. The highest BCUT2D eigenvalue weighted by molar-refractivity contribution is 5.78. The summed E-state index contributed by atoms with van der Waals surface area (Å²) < 4.78 is 23.1. The molecule has 22 heavy (non-hydrogen) atoms. The van der Waals surface area contributed by atoms with Gasteiger partial charge in [-0.25, -0.2) is 4.79 Å². The van der Waals surface area contributed by atoms with E-state index < -0.39 is 24.3 Å². The van der Waals surface area contributed by atoms with Crippen LogP contribution in [0.5, 0.6) is 0 Å². The molecule has 0 unspecified atom stereocenters. The Bertz CT molecular complexity index is 433. The summed E-state index contributed by atoms with van der Waals surface area (Å²) in [6.07, 6.45) is 1.79. The van der Waals surface area contributed by atoms with Gasteiger partial charge in [-0.2, -0.15) is 0 Å². The molecule has 1 aliphatic carbocycles. The maximum Gasteiger partial charge on any atom is 0.340 e. The Morgan fingerprint density at radius 1 is 1.23 bits per heavy atom. The monoisotopic (exact) mass is 312 g/mol. The topological polar surface area (TPSA) is 54.0 Å². The third-order valence-corrected chi connectivity index (χ3v) is 5.13. The van der Waals surface area contributed by atoms with E-state index in [1.54, 1.807) is 0 Å². The van der Waals surface area contributed by atoms with Crippen LogP contribution in [0.2, 0.25) is 0 Å². The van der Waals surface area contributed by atoms with Gasteiger partial charge in [0.15, 0.2) is 18.0 Å². The Labute approximate surface area is 132 Å². The summed E-state index contributed by atoms with van der Waals surface area (Å²) in [5, 5.41) is 0. The average molecular weight is 312 g/mol. The van der Waals surface area contributed by atoms with Crippen LogP contribution in [-0.4, -0.2) is 36.4 Å². The van der Waals surface area contributed by atoms with E-state index in [2.05, 4.69) is 20.8 Å². The molecule has 0 bridgehead atoms. The van der Waals surface area contributed by atoms with Crippen molar-refractivity contribution in [2.75, 3.05) is 0 Å². The first-order valence-corrected chi connectivity index (χ1v) is 8.48. The Hall–Kier alpha value is -0.650. The van der Waals surface area contributed by atoms with Gasteiger partial charge < -0.3 is 18.9 Å². The van der Waals surface area contributed by atoms with Gasteiger partial charge in [0, 0.05) is 0 Å². The summed E-state index contributed by atoms with van der Waals surface area (Å²) in [7, 11) is 0. The molecule has 3 fully saturated rings. The lowest BCUT2D eigenvalue weighted by molar-refractivity contribution is -0.239. The molecular weight excluding hydrogens is 284 g/mol. The van der Waals surface area contributed by atoms with Gasteiger partial charge in [-0.1, -0.05) is 27.2 Å². The first-order chi connectivity index (χ1) is 10.3. The lowest BCUT2D eigenvalue weighted by Gasteiger charge is -2.38. The Balaban J connectivity index is 1.70. The fourth-order valence-electron chi connectivity index (χ4n) is 3.97. The molecule has 1 saturated carbocycles. The first kappa shape index (κ1) is 16.2. The minimum atomic E-state index is -0.756. The molecule has 0 aromatic carbocycles. The van der Waals surface area contributed by atoms with Crippen molar-refractivity contribution in [1.29, 1.82) is 0 Å². The highest BCUT2D eigenvalue weighted by Crippen LogP contribution is 2.40. The molecule has 0 radical (unpaired) electrons.